The number of hydrogen-bond acceptors (Lipinski definition) is 6. The van der Waals surface area contributed by atoms with E-state index in [0.717, 1.165) is 25.2 Å². The first kappa shape index (κ1) is 18.5. The maximum absolute atomic E-state index is 12.1. The third-order valence-corrected chi connectivity index (χ3v) is 4.89. The van der Waals surface area contributed by atoms with Crippen molar-refractivity contribution in [1.29, 1.82) is 0 Å². The molecule has 2 heterocycles. The van der Waals surface area contributed by atoms with E-state index in [1.165, 1.54) is 16.3 Å². The van der Waals surface area contributed by atoms with E-state index < -0.39 is 0 Å². The van der Waals surface area contributed by atoms with Gasteiger partial charge in [0.25, 0.3) is 0 Å². The average molecular weight is 378 g/mol. The first-order chi connectivity index (χ1) is 12.7. The molecule has 1 fully saturated rings. The molecular formula is C17H22N4O4S. The molecule has 140 valence electrons. The van der Waals surface area contributed by atoms with Crippen LogP contribution in [0.25, 0.3) is 0 Å². The van der Waals surface area contributed by atoms with Crippen LogP contribution in [0.1, 0.15) is 19.8 Å². The van der Waals surface area contributed by atoms with Gasteiger partial charge in [0.15, 0.2) is 5.16 Å². The van der Waals surface area contributed by atoms with Crippen molar-refractivity contribution in [3.63, 3.8) is 0 Å². The normalized spacial score (nSPS) is 16.6. The van der Waals surface area contributed by atoms with E-state index in [1.807, 2.05) is 6.92 Å². The molecule has 8 nitrogen and oxygen atoms in total. The van der Waals surface area contributed by atoms with Crippen LogP contribution in [0.15, 0.2) is 34.2 Å². The molecule has 0 radical (unpaired) electrons. The maximum atomic E-state index is 12.1. The lowest BCUT2D eigenvalue weighted by molar-refractivity contribution is -0.113. The van der Waals surface area contributed by atoms with Gasteiger partial charge in [-0.1, -0.05) is 11.8 Å². The summed E-state index contributed by atoms with van der Waals surface area (Å²) in [5.41, 5.74) is 0.410. The van der Waals surface area contributed by atoms with Crippen molar-refractivity contribution in [1.82, 2.24) is 14.8 Å². The number of amides is 1. The molecule has 1 aliphatic heterocycles. The van der Waals surface area contributed by atoms with Crippen LogP contribution in [0.2, 0.25) is 0 Å². The van der Waals surface area contributed by atoms with Crippen molar-refractivity contribution in [2.24, 2.45) is 0 Å². The van der Waals surface area contributed by atoms with Crippen LogP contribution in [-0.4, -0.2) is 45.7 Å². The number of aromatic nitrogens is 3. The van der Waals surface area contributed by atoms with Crippen molar-refractivity contribution in [3.8, 4) is 5.75 Å². The molecular weight excluding hydrogens is 356 g/mol. The number of nitrogens with one attached hydrogen (secondary N) is 2. The van der Waals surface area contributed by atoms with Gasteiger partial charge in [0.05, 0.1) is 25.0 Å². The maximum Gasteiger partial charge on any atom is 0.344 e. The highest BCUT2D eigenvalue weighted by Gasteiger charge is 2.20. The summed E-state index contributed by atoms with van der Waals surface area (Å²) < 4.78 is 12.5. The Hall–Kier alpha value is -2.26. The Bertz CT molecular complexity index is 781. The summed E-state index contributed by atoms with van der Waals surface area (Å²) in [7, 11) is 0. The zero-order valence-electron chi connectivity index (χ0n) is 14.6. The van der Waals surface area contributed by atoms with E-state index >= 15 is 0 Å². The number of anilines is 1. The van der Waals surface area contributed by atoms with Crippen molar-refractivity contribution in [2.45, 2.75) is 37.6 Å². The van der Waals surface area contributed by atoms with E-state index in [0.29, 0.717) is 24.0 Å². The molecule has 1 amide bonds. The number of rotatable bonds is 8. The molecule has 2 N–H and O–H groups in total. The summed E-state index contributed by atoms with van der Waals surface area (Å²) in [6.07, 6.45) is 1.96. The fourth-order valence-corrected chi connectivity index (χ4v) is 3.45. The number of carbonyl (C=O) groups is 1. The molecule has 1 saturated heterocycles. The molecule has 1 aliphatic rings. The van der Waals surface area contributed by atoms with E-state index in [2.05, 4.69) is 15.5 Å². The predicted octanol–water partition coefficient (Wildman–Crippen LogP) is 1.88. The summed E-state index contributed by atoms with van der Waals surface area (Å²) in [4.78, 5) is 24.1. The van der Waals surface area contributed by atoms with Crippen LogP contribution in [0.4, 0.5) is 5.69 Å². The van der Waals surface area contributed by atoms with Crippen molar-refractivity contribution < 1.29 is 14.3 Å². The number of carbonyl (C=O) groups excluding carboxylic acids is 1. The molecule has 26 heavy (non-hydrogen) atoms. The minimum atomic E-state index is -0.282. The molecule has 0 aliphatic carbocycles. The lowest BCUT2D eigenvalue weighted by Gasteiger charge is -2.11. The predicted molar refractivity (Wildman–Crippen MR) is 98.8 cm³/mol. The first-order valence-electron chi connectivity index (χ1n) is 8.58. The molecule has 0 unspecified atom stereocenters. The SMILES string of the molecule is CCOc1ccc(NC(=O)CSc2n[nH]c(=O)n2C[C@H]2CCCO2)cc1. The molecule has 0 bridgehead atoms. The van der Waals surface area contributed by atoms with Gasteiger partial charge in [-0.2, -0.15) is 0 Å². The lowest BCUT2D eigenvalue weighted by atomic mass is 10.2. The van der Waals surface area contributed by atoms with E-state index in [9.17, 15) is 9.59 Å². The second kappa shape index (κ2) is 8.91. The largest absolute Gasteiger partial charge is 0.494 e. The minimum Gasteiger partial charge on any atom is -0.494 e. The third kappa shape index (κ3) is 4.89. The van der Waals surface area contributed by atoms with Gasteiger partial charge in [-0.15, -0.1) is 5.10 Å². The zero-order chi connectivity index (χ0) is 18.4. The van der Waals surface area contributed by atoms with E-state index in [4.69, 9.17) is 9.47 Å². The number of benzene rings is 1. The van der Waals surface area contributed by atoms with Crippen LogP contribution >= 0.6 is 11.8 Å². The number of nitrogens with zero attached hydrogens (tertiary/aromatic N) is 2. The summed E-state index contributed by atoms with van der Waals surface area (Å²) >= 11 is 1.22. The van der Waals surface area contributed by atoms with Gasteiger partial charge < -0.3 is 14.8 Å². The number of hydrogen-bond donors (Lipinski definition) is 2. The Kier molecular flexibility index (Phi) is 6.35. The van der Waals surface area contributed by atoms with Crippen molar-refractivity contribution in [2.75, 3.05) is 24.3 Å². The molecule has 0 spiro atoms. The topological polar surface area (TPSA) is 98.2 Å². The van der Waals surface area contributed by atoms with Gasteiger partial charge in [-0.25, -0.2) is 9.89 Å². The Morgan fingerprint density at radius 1 is 1.46 bits per heavy atom. The molecule has 1 atom stereocenters. The average Bonchev–Trinajstić information content (AvgIpc) is 3.27. The summed E-state index contributed by atoms with van der Waals surface area (Å²) in [5.74, 6) is 0.746. The van der Waals surface area contributed by atoms with Crippen LogP contribution in [0, 0.1) is 0 Å². The number of ether oxygens (including phenoxy) is 2. The highest BCUT2D eigenvalue weighted by atomic mass is 32.2. The van der Waals surface area contributed by atoms with Crippen LogP contribution in [0.3, 0.4) is 0 Å². The van der Waals surface area contributed by atoms with Gasteiger partial charge >= 0.3 is 5.69 Å². The highest BCUT2D eigenvalue weighted by molar-refractivity contribution is 7.99. The summed E-state index contributed by atoms with van der Waals surface area (Å²) in [6.45, 7) is 3.70. The monoisotopic (exact) mass is 378 g/mol. The van der Waals surface area contributed by atoms with Crippen LogP contribution in [-0.2, 0) is 16.1 Å². The quantitative estimate of drug-likeness (QED) is 0.681. The fraction of sp³-hybridized carbons (Fsp3) is 0.471. The fourth-order valence-electron chi connectivity index (χ4n) is 2.69. The minimum absolute atomic E-state index is 0.0299. The molecule has 9 heteroatoms. The Balaban J connectivity index is 1.53. The standard InChI is InChI=1S/C17H22N4O4S/c1-2-24-13-7-5-12(6-8-13)18-15(22)11-26-17-20-19-16(23)21(17)10-14-4-3-9-25-14/h5-8,14H,2-4,9-11H2,1H3,(H,18,22)(H,19,23)/t14-/m1/s1. The van der Waals surface area contributed by atoms with E-state index in [1.54, 1.807) is 24.3 Å². The Morgan fingerprint density at radius 2 is 2.27 bits per heavy atom. The van der Waals surface area contributed by atoms with Gasteiger partial charge in [-0.05, 0) is 44.0 Å². The Labute approximate surface area is 155 Å². The third-order valence-electron chi connectivity index (χ3n) is 3.91. The smallest absolute Gasteiger partial charge is 0.344 e. The number of H-pyrrole nitrogens is 1. The highest BCUT2D eigenvalue weighted by Crippen LogP contribution is 2.19. The van der Waals surface area contributed by atoms with Gasteiger partial charge in [-0.3, -0.25) is 9.36 Å². The lowest BCUT2D eigenvalue weighted by Crippen LogP contribution is -2.25. The second-order valence-corrected chi connectivity index (χ2v) is 6.79. The molecule has 0 saturated carbocycles. The van der Waals surface area contributed by atoms with Crippen molar-refractivity contribution in [3.05, 3.63) is 34.7 Å². The van der Waals surface area contributed by atoms with Crippen LogP contribution in [0.5, 0.6) is 5.75 Å². The van der Waals surface area contributed by atoms with Gasteiger partial charge in [0.1, 0.15) is 5.75 Å². The summed E-state index contributed by atoms with van der Waals surface area (Å²) in [6, 6.07) is 7.18. The van der Waals surface area contributed by atoms with E-state index in [-0.39, 0.29) is 23.5 Å². The van der Waals surface area contributed by atoms with Gasteiger partial charge in [0.2, 0.25) is 5.91 Å². The van der Waals surface area contributed by atoms with Gasteiger partial charge in [0, 0.05) is 12.3 Å². The molecule has 1 aromatic carbocycles. The molecule has 2 aromatic rings. The zero-order valence-corrected chi connectivity index (χ0v) is 15.4. The molecule has 3 rings (SSSR count). The number of aromatic amines is 1. The second-order valence-electron chi connectivity index (χ2n) is 5.85. The first-order valence-corrected chi connectivity index (χ1v) is 9.56. The number of thioether (sulfide) groups is 1. The summed E-state index contributed by atoms with van der Waals surface area (Å²) in [5, 5.41) is 9.75. The van der Waals surface area contributed by atoms with Crippen LogP contribution < -0.4 is 15.7 Å². The van der Waals surface area contributed by atoms with Crippen molar-refractivity contribution >= 4 is 23.4 Å². The Morgan fingerprint density at radius 3 is 2.96 bits per heavy atom. The molecule has 1 aromatic heterocycles.